The second kappa shape index (κ2) is 8.61. The van der Waals surface area contributed by atoms with Crippen LogP contribution in [0.4, 0.5) is 0 Å². The van der Waals surface area contributed by atoms with E-state index in [2.05, 4.69) is 0 Å². The largest absolute Gasteiger partial charge is 0.374 e. The molecule has 0 aliphatic carbocycles. The van der Waals surface area contributed by atoms with Crippen LogP contribution in [0, 0.1) is 0 Å². The molecule has 0 unspecified atom stereocenters. The fourth-order valence-corrected chi connectivity index (χ4v) is 6.35. The lowest BCUT2D eigenvalue weighted by Crippen LogP contribution is -2.31. The topological polar surface area (TPSA) is 117 Å². The van der Waals surface area contributed by atoms with Gasteiger partial charge >= 0.3 is 15.2 Å². The highest BCUT2D eigenvalue weighted by atomic mass is 31.2. The van der Waals surface area contributed by atoms with Crippen molar-refractivity contribution >= 4 is 15.2 Å². The van der Waals surface area contributed by atoms with Crippen molar-refractivity contribution in [3.05, 3.63) is 0 Å². The molecule has 0 aromatic heterocycles. The van der Waals surface area contributed by atoms with Crippen LogP contribution in [0.1, 0.15) is 25.7 Å². The summed E-state index contributed by atoms with van der Waals surface area (Å²) in [7, 11) is -3.78. The molecule has 10 heteroatoms. The lowest BCUT2D eigenvalue weighted by Gasteiger charge is -2.36. The molecule has 0 rings (SSSR count). The smallest absolute Gasteiger partial charge is 0.368 e. The lowest BCUT2D eigenvalue weighted by atomic mass is 10.2. The van der Waals surface area contributed by atoms with Gasteiger partial charge in [0, 0.05) is 28.4 Å². The molecular weight excluding hydrogens is 308 g/mol. The van der Waals surface area contributed by atoms with E-state index in [1.54, 1.807) is 0 Å². The minimum absolute atomic E-state index is 0.120. The number of unbranched alkanes of at least 4 members (excludes halogenated alkanes) is 2. The number of hydrogen-bond donors (Lipinski definition) is 2. The summed E-state index contributed by atoms with van der Waals surface area (Å²) in [6.07, 6.45) is 1.69. The van der Waals surface area contributed by atoms with E-state index in [9.17, 15) is 14.2 Å². The predicted molar refractivity (Wildman–Crippen MR) is 75.7 cm³/mol. The Morgan fingerprint density at radius 2 is 1.30 bits per heavy atom. The summed E-state index contributed by atoms with van der Waals surface area (Å²) in [4.78, 5) is 0. The molecular formula is C10H25NO7P2. The summed E-state index contributed by atoms with van der Waals surface area (Å²) in [6.45, 7) is 0.497. The first-order chi connectivity index (χ1) is 9.30. The van der Waals surface area contributed by atoms with Gasteiger partial charge in [-0.25, -0.2) is 0 Å². The molecule has 8 nitrogen and oxygen atoms in total. The van der Waals surface area contributed by atoms with Gasteiger partial charge in [0.15, 0.2) is 0 Å². The molecule has 3 N–H and O–H groups in total. The number of hydrogen-bond acceptors (Lipinski definition) is 8. The van der Waals surface area contributed by atoms with Gasteiger partial charge in [-0.2, -0.15) is 0 Å². The maximum atomic E-state index is 12.5. The Balaban J connectivity index is 5.45. The zero-order valence-electron chi connectivity index (χ0n) is 12.4. The van der Waals surface area contributed by atoms with Crippen LogP contribution < -0.4 is 5.73 Å². The van der Waals surface area contributed by atoms with Crippen molar-refractivity contribution in [1.82, 2.24) is 0 Å². The van der Waals surface area contributed by atoms with Gasteiger partial charge in [-0.15, -0.1) is 0 Å². The van der Waals surface area contributed by atoms with Gasteiger partial charge < -0.3 is 28.9 Å². The zero-order valence-corrected chi connectivity index (χ0v) is 14.2. The average Bonchev–Trinajstić information content (AvgIpc) is 2.49. The van der Waals surface area contributed by atoms with Gasteiger partial charge in [-0.3, -0.25) is 9.13 Å². The Morgan fingerprint density at radius 1 is 0.900 bits per heavy atom. The van der Waals surface area contributed by atoms with Crippen molar-refractivity contribution < 1.29 is 32.3 Å². The molecule has 0 spiro atoms. The average molecular weight is 333 g/mol. The quantitative estimate of drug-likeness (QED) is 0.436. The molecule has 20 heavy (non-hydrogen) atoms. The van der Waals surface area contributed by atoms with Crippen molar-refractivity contribution in [2.24, 2.45) is 5.73 Å². The van der Waals surface area contributed by atoms with E-state index in [1.165, 1.54) is 0 Å². The number of aliphatic hydroxyl groups is 1. The van der Waals surface area contributed by atoms with Crippen LogP contribution in [-0.4, -0.2) is 45.2 Å². The van der Waals surface area contributed by atoms with E-state index < -0.39 is 20.3 Å². The third-order valence-electron chi connectivity index (χ3n) is 3.05. The summed E-state index contributed by atoms with van der Waals surface area (Å²) >= 11 is 0. The van der Waals surface area contributed by atoms with Crippen LogP contribution in [0.15, 0.2) is 0 Å². The maximum absolute atomic E-state index is 12.5. The standard InChI is InChI=1S/C10H25NO7P2/c1-15-19(13,16-2)10(12,8-6-5-7-9-11)20(14,17-3)18-4/h12H,5-9,11H2,1-4H3. The molecule has 0 aromatic carbocycles. The van der Waals surface area contributed by atoms with Gasteiger partial charge in [0.2, 0.25) is 0 Å². The first kappa shape index (κ1) is 20.2. The van der Waals surface area contributed by atoms with E-state index >= 15 is 0 Å². The first-order valence-corrected chi connectivity index (χ1v) is 9.25. The van der Waals surface area contributed by atoms with Crippen LogP contribution in [0.3, 0.4) is 0 Å². The zero-order chi connectivity index (χ0) is 15.9. The second-order valence-corrected chi connectivity index (χ2v) is 9.38. The van der Waals surface area contributed by atoms with Crippen LogP contribution >= 0.6 is 15.2 Å². The van der Waals surface area contributed by atoms with E-state index in [-0.39, 0.29) is 6.42 Å². The molecule has 0 saturated heterocycles. The Hall–Kier alpha value is 0.220. The normalized spacial score (nSPS) is 13.7. The monoisotopic (exact) mass is 333 g/mol. The molecule has 0 radical (unpaired) electrons. The summed E-state index contributed by atoms with van der Waals surface area (Å²) < 4.78 is 44.2. The molecule has 0 amide bonds. The fourth-order valence-electron chi connectivity index (χ4n) is 1.84. The number of rotatable bonds is 11. The van der Waals surface area contributed by atoms with E-state index in [4.69, 9.17) is 23.8 Å². The highest BCUT2D eigenvalue weighted by Crippen LogP contribution is 2.77. The van der Waals surface area contributed by atoms with Crippen LogP contribution in [-0.2, 0) is 27.2 Å². The summed E-state index contributed by atoms with van der Waals surface area (Å²) in [5.41, 5.74) is 5.38. The molecule has 0 aliphatic heterocycles. The highest BCUT2D eigenvalue weighted by molar-refractivity contribution is 7.73. The Labute approximate surface area is 120 Å². The lowest BCUT2D eigenvalue weighted by molar-refractivity contribution is 0.0951. The van der Waals surface area contributed by atoms with Gasteiger partial charge in [-0.1, -0.05) is 6.42 Å². The molecule has 0 heterocycles. The minimum Gasteiger partial charge on any atom is -0.368 e. The molecule has 0 bridgehead atoms. The third kappa shape index (κ3) is 3.90. The molecule has 0 aliphatic rings. The van der Waals surface area contributed by atoms with E-state index in [1.807, 2.05) is 0 Å². The third-order valence-corrected chi connectivity index (χ3v) is 8.65. The molecule has 122 valence electrons. The minimum atomic E-state index is -4.10. The Morgan fingerprint density at radius 3 is 1.60 bits per heavy atom. The first-order valence-electron chi connectivity index (χ1n) is 6.16. The van der Waals surface area contributed by atoms with Crippen molar-refractivity contribution in [2.75, 3.05) is 35.0 Å². The van der Waals surface area contributed by atoms with Gasteiger partial charge in [0.25, 0.3) is 5.08 Å². The molecule has 0 aromatic rings. The summed E-state index contributed by atoms with van der Waals surface area (Å²) in [5.74, 6) is 0. The van der Waals surface area contributed by atoms with Crippen LogP contribution in [0.2, 0.25) is 0 Å². The fraction of sp³-hybridized carbons (Fsp3) is 1.00. The van der Waals surface area contributed by atoms with E-state index in [0.29, 0.717) is 19.4 Å². The second-order valence-electron chi connectivity index (χ2n) is 4.10. The molecule has 0 atom stereocenters. The predicted octanol–water partition coefficient (Wildman–Crippen LogP) is 2.12. The molecule has 0 fully saturated rings. The van der Waals surface area contributed by atoms with E-state index in [0.717, 1.165) is 34.9 Å². The molecule has 0 saturated carbocycles. The van der Waals surface area contributed by atoms with Crippen LogP contribution in [0.25, 0.3) is 0 Å². The van der Waals surface area contributed by atoms with Crippen molar-refractivity contribution in [3.63, 3.8) is 0 Å². The Bertz CT molecular complexity index is 335. The van der Waals surface area contributed by atoms with Gasteiger partial charge in [0.1, 0.15) is 0 Å². The number of nitrogens with two attached hydrogens (primary N) is 1. The maximum Gasteiger partial charge on any atom is 0.374 e. The van der Waals surface area contributed by atoms with Gasteiger partial charge in [-0.05, 0) is 25.8 Å². The summed E-state index contributed by atoms with van der Waals surface area (Å²) in [5, 5.41) is 8.33. The van der Waals surface area contributed by atoms with Crippen molar-refractivity contribution in [2.45, 2.75) is 30.8 Å². The van der Waals surface area contributed by atoms with Crippen LogP contribution in [0.5, 0.6) is 0 Å². The Kier molecular flexibility index (Phi) is 8.71. The highest BCUT2D eigenvalue weighted by Gasteiger charge is 2.63. The van der Waals surface area contributed by atoms with Crippen molar-refractivity contribution in [1.29, 1.82) is 0 Å². The SMILES string of the molecule is COP(=O)(OC)C(O)(CCCCCN)P(=O)(OC)OC. The van der Waals surface area contributed by atoms with Crippen molar-refractivity contribution in [3.8, 4) is 0 Å². The summed E-state index contributed by atoms with van der Waals surface area (Å²) in [6, 6.07) is 0. The van der Waals surface area contributed by atoms with Gasteiger partial charge in [0.05, 0.1) is 0 Å².